The molecular weight excluding hydrogens is 328 g/mol. The lowest BCUT2D eigenvalue weighted by atomic mass is 10.2. The topological polar surface area (TPSA) is 76.5 Å². The molecule has 0 bridgehead atoms. The third-order valence-electron chi connectivity index (χ3n) is 3.18. The molecule has 1 aromatic heterocycles. The van der Waals surface area contributed by atoms with Crippen LogP contribution in [0.1, 0.15) is 6.92 Å². The minimum Gasteiger partial charge on any atom is -0.468 e. The van der Waals surface area contributed by atoms with E-state index in [0.29, 0.717) is 10.5 Å². The first-order chi connectivity index (χ1) is 9.52. The highest BCUT2D eigenvalue weighted by atomic mass is 79.9. The Morgan fingerprint density at radius 3 is 3.05 bits per heavy atom. The van der Waals surface area contributed by atoms with E-state index in [-0.39, 0.29) is 12.1 Å². The van der Waals surface area contributed by atoms with Gasteiger partial charge >= 0.3 is 5.97 Å². The normalized spacial score (nSPS) is 18.9. The van der Waals surface area contributed by atoms with Gasteiger partial charge in [-0.05, 0) is 22.9 Å². The number of nitrogens with zero attached hydrogens (tertiary/aromatic N) is 3. The number of aromatic nitrogens is 2. The number of carbonyl (C=O) groups is 1. The number of carbonyl (C=O) groups excluding carboxylic acids is 1. The van der Waals surface area contributed by atoms with Gasteiger partial charge in [-0.1, -0.05) is 0 Å². The van der Waals surface area contributed by atoms with Crippen molar-refractivity contribution in [3.63, 3.8) is 0 Å². The van der Waals surface area contributed by atoms with Crippen molar-refractivity contribution in [2.75, 3.05) is 31.6 Å². The minimum absolute atomic E-state index is 0.188. The van der Waals surface area contributed by atoms with Gasteiger partial charge in [-0.15, -0.1) is 0 Å². The number of hydrogen-bond donors (Lipinski definition) is 1. The summed E-state index contributed by atoms with van der Waals surface area (Å²) in [5.41, 5.74) is 0.420. The van der Waals surface area contributed by atoms with Crippen molar-refractivity contribution in [2.45, 2.75) is 19.5 Å². The number of esters is 1. The summed E-state index contributed by atoms with van der Waals surface area (Å²) in [6.07, 6.45) is 1.60. The van der Waals surface area contributed by atoms with Crippen molar-refractivity contribution in [1.82, 2.24) is 15.1 Å². The Kier molecular flexibility index (Phi) is 4.77. The number of rotatable bonds is 3. The van der Waals surface area contributed by atoms with Gasteiger partial charge in [0.15, 0.2) is 0 Å². The third kappa shape index (κ3) is 3.18. The molecule has 1 aliphatic rings. The first-order valence-electron chi connectivity index (χ1n) is 6.33. The molecule has 2 heterocycles. The smallest absolute Gasteiger partial charge is 0.327 e. The number of halogens is 1. The monoisotopic (exact) mass is 344 g/mol. The summed E-state index contributed by atoms with van der Waals surface area (Å²) in [4.78, 5) is 25.5. The predicted octanol–water partition coefficient (Wildman–Crippen LogP) is -0.0231. The fraction of sp³-hybridized carbons (Fsp3) is 0.583. The fourth-order valence-corrected chi connectivity index (χ4v) is 2.69. The van der Waals surface area contributed by atoms with E-state index >= 15 is 0 Å². The van der Waals surface area contributed by atoms with E-state index in [1.807, 2.05) is 0 Å². The van der Waals surface area contributed by atoms with Crippen LogP contribution in [0.4, 0.5) is 5.69 Å². The first kappa shape index (κ1) is 15.0. The summed E-state index contributed by atoms with van der Waals surface area (Å²) in [5, 5.41) is 7.38. The molecule has 8 heteroatoms. The van der Waals surface area contributed by atoms with Crippen molar-refractivity contribution >= 4 is 27.6 Å². The van der Waals surface area contributed by atoms with Gasteiger partial charge in [-0.2, -0.15) is 5.10 Å². The molecule has 2 rings (SSSR count). The second-order valence-corrected chi connectivity index (χ2v) is 5.48. The quantitative estimate of drug-likeness (QED) is 0.776. The van der Waals surface area contributed by atoms with Crippen LogP contribution in [0, 0.1) is 0 Å². The van der Waals surface area contributed by atoms with Crippen molar-refractivity contribution in [3.8, 4) is 0 Å². The van der Waals surface area contributed by atoms with Crippen molar-refractivity contribution in [3.05, 3.63) is 21.0 Å². The number of ether oxygens (including phenoxy) is 1. The molecule has 1 aliphatic heterocycles. The average Bonchev–Trinajstić information content (AvgIpc) is 2.44. The van der Waals surface area contributed by atoms with Crippen molar-refractivity contribution in [1.29, 1.82) is 0 Å². The molecule has 20 heavy (non-hydrogen) atoms. The van der Waals surface area contributed by atoms with E-state index in [4.69, 9.17) is 0 Å². The Bertz CT molecular complexity index is 560. The predicted molar refractivity (Wildman–Crippen MR) is 77.9 cm³/mol. The van der Waals surface area contributed by atoms with Gasteiger partial charge in [0, 0.05) is 25.7 Å². The molecule has 0 unspecified atom stereocenters. The highest BCUT2D eigenvalue weighted by Gasteiger charge is 2.20. The zero-order valence-electron chi connectivity index (χ0n) is 11.4. The molecule has 7 nitrogen and oxygen atoms in total. The fourth-order valence-electron chi connectivity index (χ4n) is 2.13. The molecular formula is C12H17BrN4O3. The molecule has 1 N–H and O–H groups in total. The van der Waals surface area contributed by atoms with Gasteiger partial charge < -0.3 is 15.0 Å². The Labute approximate surface area is 125 Å². The van der Waals surface area contributed by atoms with Crippen LogP contribution in [0.15, 0.2) is 15.5 Å². The Morgan fingerprint density at radius 1 is 1.65 bits per heavy atom. The molecule has 0 amide bonds. The van der Waals surface area contributed by atoms with E-state index in [1.54, 1.807) is 6.20 Å². The summed E-state index contributed by atoms with van der Waals surface area (Å²) < 4.78 is 6.05. The summed E-state index contributed by atoms with van der Waals surface area (Å²) >= 11 is 3.31. The van der Waals surface area contributed by atoms with Crippen LogP contribution in [0.2, 0.25) is 0 Å². The van der Waals surface area contributed by atoms with Crippen molar-refractivity contribution < 1.29 is 9.53 Å². The molecule has 1 saturated heterocycles. The molecule has 1 fully saturated rings. The van der Waals surface area contributed by atoms with Gasteiger partial charge in [0.05, 0.1) is 19.0 Å². The van der Waals surface area contributed by atoms with Gasteiger partial charge in [0.25, 0.3) is 5.56 Å². The molecule has 0 aromatic carbocycles. The summed E-state index contributed by atoms with van der Waals surface area (Å²) in [6, 6.07) is 0.355. The second-order valence-electron chi connectivity index (χ2n) is 4.68. The Morgan fingerprint density at radius 2 is 2.40 bits per heavy atom. The zero-order valence-corrected chi connectivity index (χ0v) is 13.0. The van der Waals surface area contributed by atoms with Crippen LogP contribution in [-0.2, 0) is 16.1 Å². The maximum Gasteiger partial charge on any atom is 0.327 e. The lowest BCUT2D eigenvalue weighted by molar-refractivity contribution is -0.141. The molecule has 0 spiro atoms. The largest absolute Gasteiger partial charge is 0.468 e. The van der Waals surface area contributed by atoms with E-state index in [2.05, 4.69) is 42.9 Å². The lowest BCUT2D eigenvalue weighted by Crippen LogP contribution is -2.49. The van der Waals surface area contributed by atoms with Gasteiger partial charge in [-0.25, -0.2) is 4.68 Å². The van der Waals surface area contributed by atoms with Crippen LogP contribution in [-0.4, -0.2) is 48.5 Å². The van der Waals surface area contributed by atoms with E-state index < -0.39 is 5.97 Å². The SMILES string of the molecule is COC(=O)Cn1ncc(N2CCN[C@H](C)C2)c(Br)c1=O. The maximum absolute atomic E-state index is 12.2. The molecule has 1 atom stereocenters. The zero-order chi connectivity index (χ0) is 14.7. The molecule has 0 saturated carbocycles. The van der Waals surface area contributed by atoms with Gasteiger partial charge in [0.2, 0.25) is 0 Å². The third-order valence-corrected chi connectivity index (χ3v) is 3.93. The average molecular weight is 345 g/mol. The highest BCUT2D eigenvalue weighted by Crippen LogP contribution is 2.22. The highest BCUT2D eigenvalue weighted by molar-refractivity contribution is 9.10. The van der Waals surface area contributed by atoms with Gasteiger partial charge in [0.1, 0.15) is 11.0 Å². The first-order valence-corrected chi connectivity index (χ1v) is 7.13. The summed E-state index contributed by atoms with van der Waals surface area (Å²) in [6.45, 7) is 4.38. The number of piperazine rings is 1. The van der Waals surface area contributed by atoms with Crippen LogP contribution >= 0.6 is 15.9 Å². The number of methoxy groups -OCH3 is 1. The maximum atomic E-state index is 12.2. The molecule has 1 aromatic rings. The Balaban J connectivity index is 2.26. The van der Waals surface area contributed by atoms with Crippen LogP contribution in [0.5, 0.6) is 0 Å². The van der Waals surface area contributed by atoms with Crippen molar-refractivity contribution in [2.24, 2.45) is 0 Å². The number of hydrogen-bond acceptors (Lipinski definition) is 6. The Hall–Kier alpha value is -1.41. The number of anilines is 1. The van der Waals surface area contributed by atoms with Crippen LogP contribution < -0.4 is 15.8 Å². The van der Waals surface area contributed by atoms with E-state index in [9.17, 15) is 9.59 Å². The molecule has 110 valence electrons. The summed E-state index contributed by atoms with van der Waals surface area (Å²) in [7, 11) is 1.28. The minimum atomic E-state index is -0.505. The van der Waals surface area contributed by atoms with Crippen LogP contribution in [0.25, 0.3) is 0 Å². The van der Waals surface area contributed by atoms with Crippen LogP contribution in [0.3, 0.4) is 0 Å². The van der Waals surface area contributed by atoms with E-state index in [0.717, 1.165) is 30.0 Å². The lowest BCUT2D eigenvalue weighted by Gasteiger charge is -2.33. The standard InChI is InChI=1S/C12H17BrN4O3/c1-8-6-16(4-3-14-8)9-5-15-17(7-10(18)20-2)12(19)11(9)13/h5,8,14H,3-4,6-7H2,1-2H3/t8-/m1/s1. The van der Waals surface area contributed by atoms with Gasteiger partial charge in [-0.3, -0.25) is 9.59 Å². The molecule has 0 radical (unpaired) electrons. The number of nitrogens with one attached hydrogen (secondary N) is 1. The summed E-state index contributed by atoms with van der Waals surface area (Å²) in [5.74, 6) is -0.505. The van der Waals surface area contributed by atoms with E-state index in [1.165, 1.54) is 7.11 Å². The second kappa shape index (κ2) is 6.36. The molecule has 0 aliphatic carbocycles.